The molecule has 0 saturated heterocycles. The Labute approximate surface area is 127 Å². The molecule has 1 aromatic carbocycles. The van der Waals surface area contributed by atoms with E-state index in [-0.39, 0.29) is 11.6 Å². The van der Waals surface area contributed by atoms with Gasteiger partial charge >= 0.3 is 0 Å². The fraction of sp³-hybridized carbons (Fsp3) is 0.154. The van der Waals surface area contributed by atoms with Crippen molar-refractivity contribution in [3.05, 3.63) is 60.2 Å². The zero-order chi connectivity index (χ0) is 14.7. The second-order valence-electron chi connectivity index (χ2n) is 4.20. The third-order valence-electron chi connectivity index (χ3n) is 2.59. The number of halogens is 1. The molecule has 1 amide bonds. The number of nitrogens with zero attached hydrogens (tertiary/aromatic N) is 1. The lowest BCUT2D eigenvalue weighted by Crippen LogP contribution is -2.22. The predicted octanol–water partition coefficient (Wildman–Crippen LogP) is 3.66. The molecule has 5 nitrogen and oxygen atoms in total. The summed E-state index contributed by atoms with van der Waals surface area (Å²) in [6, 6.07) is 8.17. The van der Waals surface area contributed by atoms with Gasteiger partial charge < -0.3 is 5.32 Å². The molecule has 104 valence electrons. The first-order valence-corrected chi connectivity index (χ1v) is 7.35. The number of nitro benzene ring substituents is 1. The second kappa shape index (κ2) is 6.15. The molecule has 0 fully saturated rings. The largest absolute Gasteiger partial charge is 0.347 e. The molecule has 1 heterocycles. The number of hydrogen-bond donors (Lipinski definition) is 1. The van der Waals surface area contributed by atoms with Crippen LogP contribution in [0.5, 0.6) is 0 Å². The van der Waals surface area contributed by atoms with Gasteiger partial charge in [-0.1, -0.05) is 0 Å². The molecule has 0 aliphatic carbocycles. The summed E-state index contributed by atoms with van der Waals surface area (Å²) in [7, 11) is 0. The van der Waals surface area contributed by atoms with Crippen molar-refractivity contribution in [3.63, 3.8) is 0 Å². The van der Waals surface area contributed by atoms with E-state index in [1.54, 1.807) is 13.0 Å². The lowest BCUT2D eigenvalue weighted by Gasteiger charge is -2.05. The normalized spacial score (nSPS) is 10.3. The molecule has 0 aliphatic rings. The van der Waals surface area contributed by atoms with Crippen molar-refractivity contribution in [1.29, 1.82) is 0 Å². The molecule has 0 unspecified atom stereocenters. The van der Waals surface area contributed by atoms with Gasteiger partial charge in [0.2, 0.25) is 0 Å². The Balaban J connectivity index is 2.10. The van der Waals surface area contributed by atoms with E-state index in [1.807, 2.05) is 12.1 Å². The Morgan fingerprint density at radius 2 is 2.15 bits per heavy atom. The first-order valence-electron chi connectivity index (χ1n) is 5.74. The molecule has 1 N–H and O–H groups in total. The number of rotatable bonds is 4. The van der Waals surface area contributed by atoms with Crippen LogP contribution in [0.25, 0.3) is 0 Å². The fourth-order valence-electron chi connectivity index (χ4n) is 1.72. The first-order chi connectivity index (χ1) is 9.45. The van der Waals surface area contributed by atoms with Gasteiger partial charge in [-0.2, -0.15) is 0 Å². The molecule has 20 heavy (non-hydrogen) atoms. The van der Waals surface area contributed by atoms with Gasteiger partial charge in [0.15, 0.2) is 0 Å². The van der Waals surface area contributed by atoms with E-state index in [0.717, 1.165) is 8.66 Å². The molecular formula is C13H11BrN2O3S. The Morgan fingerprint density at radius 1 is 1.40 bits per heavy atom. The smallest absolute Gasteiger partial charge is 0.270 e. The zero-order valence-electron chi connectivity index (χ0n) is 10.6. The summed E-state index contributed by atoms with van der Waals surface area (Å²) in [5, 5.41) is 13.5. The Kier molecular flexibility index (Phi) is 4.51. The summed E-state index contributed by atoms with van der Waals surface area (Å²) in [5.74, 6) is -0.318. The molecule has 0 atom stereocenters. The second-order valence-corrected chi connectivity index (χ2v) is 6.75. The number of carbonyl (C=O) groups excluding carboxylic acids is 1. The average Bonchev–Trinajstić information content (AvgIpc) is 2.81. The topological polar surface area (TPSA) is 72.2 Å². The lowest BCUT2D eigenvalue weighted by molar-refractivity contribution is -0.384. The summed E-state index contributed by atoms with van der Waals surface area (Å²) in [6.45, 7) is 2.12. The highest BCUT2D eigenvalue weighted by Gasteiger charge is 2.13. The van der Waals surface area contributed by atoms with Gasteiger partial charge in [0.25, 0.3) is 11.6 Å². The van der Waals surface area contributed by atoms with Gasteiger partial charge in [0, 0.05) is 22.6 Å². The number of amides is 1. The maximum Gasteiger partial charge on any atom is 0.270 e. The third kappa shape index (κ3) is 3.64. The molecule has 0 radical (unpaired) electrons. The van der Waals surface area contributed by atoms with E-state index in [2.05, 4.69) is 21.2 Å². The van der Waals surface area contributed by atoms with Gasteiger partial charge in [-0.25, -0.2) is 0 Å². The van der Waals surface area contributed by atoms with E-state index in [1.165, 1.54) is 23.5 Å². The lowest BCUT2D eigenvalue weighted by atomic mass is 10.1. The van der Waals surface area contributed by atoms with Crippen LogP contribution in [0.15, 0.2) is 34.1 Å². The zero-order valence-corrected chi connectivity index (χ0v) is 13.0. The number of non-ortho nitro benzene ring substituents is 1. The molecule has 7 heteroatoms. The van der Waals surface area contributed by atoms with E-state index in [4.69, 9.17) is 0 Å². The first kappa shape index (κ1) is 14.7. The highest BCUT2D eigenvalue weighted by atomic mass is 79.9. The molecule has 1 aromatic heterocycles. The van der Waals surface area contributed by atoms with Crippen LogP contribution < -0.4 is 5.32 Å². The summed E-state index contributed by atoms with van der Waals surface area (Å²) in [4.78, 5) is 23.3. The number of carbonyl (C=O) groups is 1. The quantitative estimate of drug-likeness (QED) is 0.672. The van der Waals surface area contributed by atoms with E-state index in [0.29, 0.717) is 17.7 Å². The van der Waals surface area contributed by atoms with Crippen LogP contribution in [0.2, 0.25) is 0 Å². The van der Waals surface area contributed by atoms with Gasteiger partial charge in [0.1, 0.15) is 0 Å². The summed E-state index contributed by atoms with van der Waals surface area (Å²) >= 11 is 4.88. The maximum absolute atomic E-state index is 12.0. The van der Waals surface area contributed by atoms with Crippen molar-refractivity contribution in [3.8, 4) is 0 Å². The molecule has 0 bridgehead atoms. The number of nitrogens with one attached hydrogen (secondary N) is 1. The van der Waals surface area contributed by atoms with Crippen LogP contribution in [0.4, 0.5) is 5.69 Å². The number of aryl methyl sites for hydroxylation is 1. The van der Waals surface area contributed by atoms with E-state index < -0.39 is 4.92 Å². The summed E-state index contributed by atoms with van der Waals surface area (Å²) in [6.07, 6.45) is 0. The van der Waals surface area contributed by atoms with Crippen LogP contribution >= 0.6 is 27.3 Å². The molecule has 2 aromatic rings. The van der Waals surface area contributed by atoms with Crippen LogP contribution in [-0.4, -0.2) is 10.8 Å². The molecule has 2 rings (SSSR count). The predicted molar refractivity (Wildman–Crippen MR) is 81.0 cm³/mol. The van der Waals surface area contributed by atoms with Crippen molar-refractivity contribution in [2.45, 2.75) is 13.5 Å². The van der Waals surface area contributed by atoms with Gasteiger partial charge in [-0.15, -0.1) is 11.3 Å². The third-order valence-corrected chi connectivity index (χ3v) is 4.21. The Morgan fingerprint density at radius 3 is 2.75 bits per heavy atom. The van der Waals surface area contributed by atoms with Crippen molar-refractivity contribution >= 4 is 38.9 Å². The highest BCUT2D eigenvalue weighted by molar-refractivity contribution is 9.11. The van der Waals surface area contributed by atoms with Gasteiger partial charge in [-0.05, 0) is 46.6 Å². The molecule has 0 saturated carbocycles. The minimum absolute atomic E-state index is 0.0750. The summed E-state index contributed by atoms with van der Waals surface area (Å²) in [5.41, 5.74) is 0.907. The molecule has 0 spiro atoms. The minimum atomic E-state index is -0.500. The Hall–Kier alpha value is -1.73. The number of nitro groups is 1. The highest BCUT2D eigenvalue weighted by Crippen LogP contribution is 2.22. The van der Waals surface area contributed by atoms with Crippen LogP contribution in [0.1, 0.15) is 20.8 Å². The number of benzene rings is 1. The van der Waals surface area contributed by atoms with E-state index in [9.17, 15) is 14.9 Å². The molecule has 0 aliphatic heterocycles. The van der Waals surface area contributed by atoms with E-state index >= 15 is 0 Å². The average molecular weight is 355 g/mol. The maximum atomic E-state index is 12.0. The van der Waals surface area contributed by atoms with Crippen molar-refractivity contribution in [1.82, 2.24) is 5.32 Å². The number of thiophene rings is 1. The fourth-order valence-corrected chi connectivity index (χ4v) is 3.14. The standard InChI is InChI=1S/C13H11BrN2O3S/c1-8-4-9(6-10(5-8)16(18)19)13(17)15-7-11-2-3-12(14)20-11/h2-6H,7H2,1H3,(H,15,17). The van der Waals surface area contributed by atoms with Crippen LogP contribution in [-0.2, 0) is 6.54 Å². The van der Waals surface area contributed by atoms with Crippen LogP contribution in [0.3, 0.4) is 0 Å². The van der Waals surface area contributed by atoms with Crippen molar-refractivity contribution in [2.75, 3.05) is 0 Å². The van der Waals surface area contributed by atoms with Crippen molar-refractivity contribution in [2.24, 2.45) is 0 Å². The Bertz CT molecular complexity index is 669. The molecular weight excluding hydrogens is 344 g/mol. The van der Waals surface area contributed by atoms with Gasteiger partial charge in [-0.3, -0.25) is 14.9 Å². The van der Waals surface area contributed by atoms with Crippen molar-refractivity contribution < 1.29 is 9.72 Å². The SMILES string of the molecule is Cc1cc(C(=O)NCc2ccc(Br)s2)cc([N+](=O)[O-])c1. The minimum Gasteiger partial charge on any atom is -0.347 e. The monoisotopic (exact) mass is 354 g/mol. The van der Waals surface area contributed by atoms with Gasteiger partial charge in [0.05, 0.1) is 15.3 Å². The number of hydrogen-bond acceptors (Lipinski definition) is 4. The van der Waals surface area contributed by atoms with Crippen LogP contribution in [0, 0.1) is 17.0 Å². The summed E-state index contributed by atoms with van der Waals surface area (Å²) < 4.78 is 0.993.